The summed E-state index contributed by atoms with van der Waals surface area (Å²) < 4.78 is 0. The van der Waals surface area contributed by atoms with Crippen molar-refractivity contribution in [1.82, 2.24) is 9.97 Å². The van der Waals surface area contributed by atoms with Crippen molar-refractivity contribution >= 4 is 0 Å². The quantitative estimate of drug-likeness (QED) is 0.616. The van der Waals surface area contributed by atoms with Crippen molar-refractivity contribution in [3.05, 3.63) is 61.9 Å². The second-order valence-corrected chi connectivity index (χ2v) is 3.65. The summed E-state index contributed by atoms with van der Waals surface area (Å²) in [7, 11) is 0. The molecule has 0 atom stereocenters. The lowest BCUT2D eigenvalue weighted by Gasteiger charge is -1.77. The first kappa shape index (κ1) is 20.9. The van der Waals surface area contributed by atoms with E-state index in [0.29, 0.717) is 0 Å². The van der Waals surface area contributed by atoms with Gasteiger partial charge in [-0.2, -0.15) is 0 Å². The average molecular weight is 236 g/mol. The van der Waals surface area contributed by atoms with Crippen LogP contribution in [0.1, 0.15) is 30.2 Å². The molecule has 2 rings (SSSR count). The van der Waals surface area contributed by atoms with Gasteiger partial charge in [0.1, 0.15) is 0 Å². The van der Waals surface area contributed by atoms with Gasteiger partial charge in [0.25, 0.3) is 0 Å². The fourth-order valence-electron chi connectivity index (χ4n) is 1.29. The van der Waals surface area contributed by atoms with Gasteiger partial charge in [0.05, 0.1) is 0 Å². The zero-order chi connectivity index (χ0) is 10.6. The van der Waals surface area contributed by atoms with Crippen molar-refractivity contribution in [2.45, 2.75) is 35.1 Å². The molecule has 0 fully saturated rings. The van der Waals surface area contributed by atoms with Gasteiger partial charge in [-0.3, -0.25) is 0 Å². The standard InChI is InChI=1S/2C6H9N.CH4.2CH3/c2*1-5-3-4-6(2)7-5;;;/h2*3-4,7H,1-2H3;1H4;2*1H3/q;;;2*-1. The third-order valence-electron chi connectivity index (χ3n) is 1.96. The molecule has 0 aliphatic carbocycles. The molecule has 100 valence electrons. The molecule has 0 saturated heterocycles. The van der Waals surface area contributed by atoms with Gasteiger partial charge in [0, 0.05) is 22.8 Å². The fraction of sp³-hybridized carbons (Fsp3) is 0.333. The minimum Gasteiger partial charge on any atom is -0.363 e. The Morgan fingerprint density at radius 1 is 0.588 bits per heavy atom. The monoisotopic (exact) mass is 236 g/mol. The van der Waals surface area contributed by atoms with Crippen molar-refractivity contribution in [3.63, 3.8) is 0 Å². The Morgan fingerprint density at radius 2 is 0.765 bits per heavy atom. The third kappa shape index (κ3) is 8.38. The van der Waals surface area contributed by atoms with Crippen molar-refractivity contribution < 1.29 is 0 Å². The number of aromatic amines is 2. The summed E-state index contributed by atoms with van der Waals surface area (Å²) in [5.41, 5.74) is 4.94. The number of rotatable bonds is 0. The summed E-state index contributed by atoms with van der Waals surface area (Å²) in [6.07, 6.45) is 0. The molecule has 0 saturated carbocycles. The number of nitrogens with one attached hydrogen (secondary N) is 2. The predicted molar refractivity (Wildman–Crippen MR) is 80.1 cm³/mol. The third-order valence-corrected chi connectivity index (χ3v) is 1.96. The van der Waals surface area contributed by atoms with Crippen LogP contribution in [0.2, 0.25) is 0 Å². The van der Waals surface area contributed by atoms with E-state index in [0.717, 1.165) is 0 Å². The summed E-state index contributed by atoms with van der Waals surface area (Å²) >= 11 is 0. The minimum atomic E-state index is 0. The van der Waals surface area contributed by atoms with Crippen molar-refractivity contribution in [2.75, 3.05) is 0 Å². The number of aryl methyl sites for hydroxylation is 4. The van der Waals surface area contributed by atoms with Crippen LogP contribution in [0, 0.1) is 42.5 Å². The molecular formula is C15H28N2-2. The number of hydrogen-bond acceptors (Lipinski definition) is 0. The first-order chi connectivity index (χ1) is 6.58. The lowest BCUT2D eigenvalue weighted by molar-refractivity contribution is 1.19. The second kappa shape index (κ2) is 9.76. The maximum absolute atomic E-state index is 3.14. The molecule has 2 heterocycles. The van der Waals surface area contributed by atoms with E-state index in [1.54, 1.807) is 0 Å². The molecule has 2 N–H and O–H groups in total. The van der Waals surface area contributed by atoms with Gasteiger partial charge in [0.2, 0.25) is 0 Å². The van der Waals surface area contributed by atoms with E-state index in [-0.39, 0.29) is 22.3 Å². The summed E-state index contributed by atoms with van der Waals surface area (Å²) in [5.74, 6) is 0. The van der Waals surface area contributed by atoms with Crippen molar-refractivity contribution in [1.29, 1.82) is 0 Å². The zero-order valence-electron chi connectivity index (χ0n) is 11.3. The highest BCUT2D eigenvalue weighted by molar-refractivity contribution is 5.09. The number of H-pyrrole nitrogens is 2. The van der Waals surface area contributed by atoms with Crippen LogP contribution in [0.5, 0.6) is 0 Å². The van der Waals surface area contributed by atoms with Crippen LogP contribution in [0.25, 0.3) is 0 Å². The highest BCUT2D eigenvalue weighted by Crippen LogP contribution is 1.96. The van der Waals surface area contributed by atoms with Gasteiger partial charge in [-0.05, 0) is 52.0 Å². The van der Waals surface area contributed by atoms with E-state index in [4.69, 9.17) is 0 Å². The molecule has 0 spiro atoms. The highest BCUT2D eigenvalue weighted by atomic mass is 14.7. The molecule has 0 aromatic carbocycles. The van der Waals surface area contributed by atoms with Gasteiger partial charge in [-0.15, -0.1) is 0 Å². The first-order valence-electron chi connectivity index (χ1n) is 4.82. The number of aromatic nitrogens is 2. The SMILES string of the molecule is C.Cc1ccc(C)[nH]1.Cc1ccc(C)[nH]1.[CH3-].[CH3-]. The van der Waals surface area contributed by atoms with E-state index in [1.165, 1.54) is 22.8 Å². The maximum Gasteiger partial charge on any atom is 0.0117 e. The Labute approximate surface area is 107 Å². The lowest BCUT2D eigenvalue weighted by Crippen LogP contribution is -1.67. The van der Waals surface area contributed by atoms with Crippen LogP contribution in [0.15, 0.2) is 24.3 Å². The van der Waals surface area contributed by atoms with Crippen LogP contribution in [-0.2, 0) is 0 Å². The Kier molecular flexibility index (Phi) is 12.0. The first-order valence-corrected chi connectivity index (χ1v) is 4.82. The van der Waals surface area contributed by atoms with E-state index >= 15 is 0 Å². The molecule has 2 heteroatoms. The number of hydrogen-bond donors (Lipinski definition) is 2. The van der Waals surface area contributed by atoms with E-state index < -0.39 is 0 Å². The molecule has 0 unspecified atom stereocenters. The van der Waals surface area contributed by atoms with Crippen LogP contribution in [0.3, 0.4) is 0 Å². The van der Waals surface area contributed by atoms with Gasteiger partial charge < -0.3 is 24.8 Å². The second-order valence-electron chi connectivity index (χ2n) is 3.65. The molecule has 0 radical (unpaired) electrons. The van der Waals surface area contributed by atoms with Crippen molar-refractivity contribution in [2.24, 2.45) is 0 Å². The van der Waals surface area contributed by atoms with Crippen LogP contribution < -0.4 is 0 Å². The van der Waals surface area contributed by atoms with E-state index in [2.05, 4.69) is 34.2 Å². The molecule has 2 aromatic rings. The summed E-state index contributed by atoms with van der Waals surface area (Å²) in [6, 6.07) is 8.26. The van der Waals surface area contributed by atoms with Gasteiger partial charge in [0.15, 0.2) is 0 Å². The Balaban J connectivity index is -0.000000196. The average Bonchev–Trinajstić information content (AvgIpc) is 2.63. The topological polar surface area (TPSA) is 31.6 Å². The summed E-state index contributed by atoms with van der Waals surface area (Å²) in [6.45, 7) is 8.19. The molecule has 0 aliphatic rings. The van der Waals surface area contributed by atoms with Crippen LogP contribution in [-0.4, -0.2) is 9.97 Å². The Morgan fingerprint density at radius 3 is 0.824 bits per heavy atom. The molecule has 0 aliphatic heterocycles. The molecular weight excluding hydrogens is 208 g/mol. The van der Waals surface area contributed by atoms with Crippen LogP contribution in [0.4, 0.5) is 0 Å². The van der Waals surface area contributed by atoms with Gasteiger partial charge in [-0.1, -0.05) is 7.43 Å². The normalized spacial score (nSPS) is 7.76. The van der Waals surface area contributed by atoms with E-state index in [1.807, 2.05) is 27.7 Å². The molecule has 0 bridgehead atoms. The zero-order valence-corrected chi connectivity index (χ0v) is 11.3. The van der Waals surface area contributed by atoms with E-state index in [9.17, 15) is 0 Å². The summed E-state index contributed by atoms with van der Waals surface area (Å²) in [4.78, 5) is 6.28. The Bertz CT molecular complexity index is 312. The smallest absolute Gasteiger partial charge is 0.0117 e. The molecule has 2 aromatic heterocycles. The predicted octanol–water partition coefficient (Wildman–Crippen LogP) is 4.80. The van der Waals surface area contributed by atoms with Crippen molar-refractivity contribution in [3.8, 4) is 0 Å². The molecule has 2 nitrogen and oxygen atoms in total. The Hall–Kier alpha value is -1.44. The van der Waals surface area contributed by atoms with Crippen LogP contribution >= 0.6 is 0 Å². The van der Waals surface area contributed by atoms with Gasteiger partial charge >= 0.3 is 0 Å². The minimum absolute atomic E-state index is 0. The molecule has 17 heavy (non-hydrogen) atoms. The largest absolute Gasteiger partial charge is 0.363 e. The molecule has 0 amide bonds. The lowest BCUT2D eigenvalue weighted by atomic mass is 10.5. The maximum atomic E-state index is 3.14. The fourth-order valence-corrected chi connectivity index (χ4v) is 1.29. The highest BCUT2D eigenvalue weighted by Gasteiger charge is 1.82. The summed E-state index contributed by atoms with van der Waals surface area (Å²) in [5, 5.41) is 0. The van der Waals surface area contributed by atoms with Gasteiger partial charge in [-0.25, -0.2) is 0 Å².